The van der Waals surface area contributed by atoms with E-state index in [2.05, 4.69) is 5.32 Å². The molecular weight excluding hydrogens is 516 g/mol. The smallest absolute Gasteiger partial charge is 0.243 e. The maximum atomic E-state index is 13.8. The van der Waals surface area contributed by atoms with Crippen molar-refractivity contribution in [2.45, 2.75) is 56.5 Å². The lowest BCUT2D eigenvalue weighted by molar-refractivity contribution is -0.139. The molecule has 0 heterocycles. The van der Waals surface area contributed by atoms with Crippen LogP contribution in [0.15, 0.2) is 78.9 Å². The van der Waals surface area contributed by atoms with E-state index in [-0.39, 0.29) is 23.6 Å². The number of hydrogen-bond acceptors (Lipinski definition) is 4. The summed E-state index contributed by atoms with van der Waals surface area (Å²) in [6.07, 6.45) is 4.69. The highest BCUT2D eigenvalue weighted by atomic mass is 35.5. The molecule has 0 aliphatic heterocycles. The van der Waals surface area contributed by atoms with Gasteiger partial charge >= 0.3 is 0 Å². The number of carbonyl (C=O) groups excluding carboxylic acids is 2. The van der Waals surface area contributed by atoms with E-state index >= 15 is 0 Å². The van der Waals surface area contributed by atoms with Gasteiger partial charge in [0, 0.05) is 29.8 Å². The summed E-state index contributed by atoms with van der Waals surface area (Å²) in [5.41, 5.74) is 3.05. The van der Waals surface area contributed by atoms with Crippen molar-refractivity contribution in [2.24, 2.45) is 0 Å². The lowest BCUT2D eigenvalue weighted by atomic mass is 10.0. The fourth-order valence-electron chi connectivity index (χ4n) is 4.81. The third kappa shape index (κ3) is 8.27. The number of halogens is 1. The zero-order valence-corrected chi connectivity index (χ0v) is 23.3. The Morgan fingerprint density at radius 1 is 0.974 bits per heavy atom. The van der Waals surface area contributed by atoms with Crippen molar-refractivity contribution < 1.29 is 14.3 Å². The number of ether oxygens (including phenoxy) is 1. The fraction of sp³-hybridized carbons (Fsp3) is 0.355. The number of hydrogen-bond donors (Lipinski definition) is 1. The van der Waals surface area contributed by atoms with Crippen LogP contribution in [-0.2, 0) is 28.3 Å². The summed E-state index contributed by atoms with van der Waals surface area (Å²) in [6, 6.07) is 24.8. The van der Waals surface area contributed by atoms with Crippen LogP contribution in [0, 0.1) is 0 Å². The summed E-state index contributed by atoms with van der Waals surface area (Å²) in [4.78, 5) is 29.3. The highest BCUT2D eigenvalue weighted by molar-refractivity contribution is 7.99. The van der Waals surface area contributed by atoms with Crippen molar-refractivity contribution in [2.75, 3.05) is 12.9 Å². The van der Waals surface area contributed by atoms with E-state index in [9.17, 15) is 9.59 Å². The quantitative estimate of drug-likeness (QED) is 0.288. The Balaban J connectivity index is 1.57. The molecule has 0 unspecified atom stereocenters. The fourth-order valence-corrected chi connectivity index (χ4v) is 5.81. The maximum absolute atomic E-state index is 13.8. The van der Waals surface area contributed by atoms with E-state index in [4.69, 9.17) is 16.3 Å². The number of thioether (sulfide) groups is 1. The highest BCUT2D eigenvalue weighted by Crippen LogP contribution is 2.23. The molecule has 38 heavy (non-hydrogen) atoms. The third-order valence-electron chi connectivity index (χ3n) is 6.87. The molecule has 1 N–H and O–H groups in total. The van der Waals surface area contributed by atoms with E-state index in [1.807, 2.05) is 78.9 Å². The molecule has 5 nitrogen and oxygen atoms in total. The van der Waals surface area contributed by atoms with E-state index in [1.165, 1.54) is 0 Å². The first kappa shape index (κ1) is 28.1. The van der Waals surface area contributed by atoms with Crippen LogP contribution in [0.1, 0.15) is 42.4 Å². The van der Waals surface area contributed by atoms with Gasteiger partial charge in [0.1, 0.15) is 11.8 Å². The van der Waals surface area contributed by atoms with Crippen molar-refractivity contribution in [3.63, 3.8) is 0 Å². The van der Waals surface area contributed by atoms with Crippen molar-refractivity contribution >= 4 is 35.2 Å². The molecule has 4 rings (SSSR count). The number of rotatable bonds is 12. The van der Waals surface area contributed by atoms with Gasteiger partial charge in [0.25, 0.3) is 0 Å². The molecule has 1 aliphatic rings. The van der Waals surface area contributed by atoms with Gasteiger partial charge in [-0.3, -0.25) is 9.59 Å². The van der Waals surface area contributed by atoms with Gasteiger partial charge in [-0.2, -0.15) is 0 Å². The van der Waals surface area contributed by atoms with Gasteiger partial charge in [-0.1, -0.05) is 79.0 Å². The Labute approximate surface area is 234 Å². The molecule has 2 amide bonds. The standard InChI is InChI=1S/C31H35ClN2O3S/c1-37-28-13-7-10-25(18-28)20-34(30(35)22-38-21-24-14-16-26(32)17-15-24)29(19-23-8-3-2-4-9-23)31(36)33-27-11-5-6-12-27/h2-4,7-10,13-18,27,29H,5-6,11-12,19-22H2,1H3,(H,33,36)/t29-/m1/s1. The number of carbonyl (C=O) groups is 2. The topological polar surface area (TPSA) is 58.6 Å². The first-order valence-electron chi connectivity index (χ1n) is 13.1. The molecule has 0 spiro atoms. The minimum Gasteiger partial charge on any atom is -0.497 e. The van der Waals surface area contributed by atoms with Crippen LogP contribution in [-0.4, -0.2) is 41.7 Å². The lowest BCUT2D eigenvalue weighted by Crippen LogP contribution is -2.52. The Bertz CT molecular complexity index is 1180. The monoisotopic (exact) mass is 550 g/mol. The number of nitrogens with one attached hydrogen (secondary N) is 1. The van der Waals surface area contributed by atoms with E-state index in [0.717, 1.165) is 48.1 Å². The van der Waals surface area contributed by atoms with Crippen LogP contribution in [0.3, 0.4) is 0 Å². The molecule has 1 aliphatic carbocycles. The summed E-state index contributed by atoms with van der Waals surface area (Å²) in [5.74, 6) is 1.54. The van der Waals surface area contributed by atoms with Crippen molar-refractivity contribution in [3.8, 4) is 5.75 Å². The molecule has 0 bridgehead atoms. The molecule has 7 heteroatoms. The second-order valence-electron chi connectivity index (χ2n) is 9.69. The first-order valence-corrected chi connectivity index (χ1v) is 14.6. The minimum atomic E-state index is -0.618. The molecule has 1 saturated carbocycles. The van der Waals surface area contributed by atoms with Crippen LogP contribution < -0.4 is 10.1 Å². The predicted molar refractivity (Wildman–Crippen MR) is 155 cm³/mol. The summed E-state index contributed by atoms with van der Waals surface area (Å²) in [6.45, 7) is 0.327. The summed E-state index contributed by atoms with van der Waals surface area (Å²) in [5, 5.41) is 3.94. The van der Waals surface area contributed by atoms with E-state index in [0.29, 0.717) is 23.7 Å². The molecule has 0 saturated heterocycles. The Morgan fingerprint density at radius 2 is 1.68 bits per heavy atom. The second-order valence-corrected chi connectivity index (χ2v) is 11.1. The van der Waals surface area contributed by atoms with Crippen LogP contribution in [0.5, 0.6) is 5.75 Å². The van der Waals surface area contributed by atoms with Crippen molar-refractivity contribution in [1.82, 2.24) is 10.2 Å². The number of nitrogens with zero attached hydrogens (tertiary/aromatic N) is 1. The van der Waals surface area contributed by atoms with Gasteiger partial charge in [-0.15, -0.1) is 11.8 Å². The Hall–Kier alpha value is -2.96. The SMILES string of the molecule is COc1cccc(CN(C(=O)CSCc2ccc(Cl)cc2)[C@H](Cc2ccccc2)C(=O)NC2CCCC2)c1. The maximum Gasteiger partial charge on any atom is 0.243 e. The van der Waals surface area contributed by atoms with Gasteiger partial charge < -0.3 is 15.0 Å². The van der Waals surface area contributed by atoms with Gasteiger partial charge in [-0.05, 0) is 53.8 Å². The summed E-state index contributed by atoms with van der Waals surface area (Å²) in [7, 11) is 1.63. The average molecular weight is 551 g/mol. The summed E-state index contributed by atoms with van der Waals surface area (Å²) < 4.78 is 5.42. The van der Waals surface area contributed by atoms with E-state index < -0.39 is 6.04 Å². The first-order chi connectivity index (χ1) is 18.5. The molecule has 0 radical (unpaired) electrons. The van der Waals surface area contributed by atoms with Crippen LogP contribution in [0.2, 0.25) is 5.02 Å². The summed E-state index contributed by atoms with van der Waals surface area (Å²) >= 11 is 7.56. The zero-order valence-electron chi connectivity index (χ0n) is 21.8. The second kappa shape index (κ2) is 14.3. The number of benzene rings is 3. The Kier molecular flexibility index (Phi) is 10.5. The normalized spacial score (nSPS) is 14.2. The van der Waals surface area contributed by atoms with Gasteiger partial charge in [0.05, 0.1) is 12.9 Å². The largest absolute Gasteiger partial charge is 0.497 e. The molecule has 200 valence electrons. The molecule has 3 aromatic carbocycles. The zero-order chi connectivity index (χ0) is 26.7. The van der Waals surface area contributed by atoms with Crippen LogP contribution in [0.4, 0.5) is 0 Å². The highest BCUT2D eigenvalue weighted by Gasteiger charge is 2.32. The van der Waals surface area contributed by atoms with Crippen LogP contribution in [0.25, 0.3) is 0 Å². The molecule has 3 aromatic rings. The third-order valence-corrected chi connectivity index (χ3v) is 8.11. The van der Waals surface area contributed by atoms with Crippen LogP contribution >= 0.6 is 23.4 Å². The molecular formula is C31H35ClN2O3S. The average Bonchev–Trinajstić information content (AvgIpc) is 3.45. The number of methoxy groups -OCH3 is 1. The molecule has 0 aromatic heterocycles. The van der Waals surface area contributed by atoms with Crippen molar-refractivity contribution in [3.05, 3.63) is 101 Å². The minimum absolute atomic E-state index is 0.0608. The van der Waals surface area contributed by atoms with E-state index in [1.54, 1.807) is 23.8 Å². The van der Waals surface area contributed by atoms with Gasteiger partial charge in [0.15, 0.2) is 0 Å². The number of amides is 2. The predicted octanol–water partition coefficient (Wildman–Crippen LogP) is 6.28. The molecule has 1 fully saturated rings. The van der Waals surface area contributed by atoms with Gasteiger partial charge in [0.2, 0.25) is 11.8 Å². The lowest BCUT2D eigenvalue weighted by Gasteiger charge is -2.32. The molecule has 1 atom stereocenters. The Morgan fingerprint density at radius 3 is 2.39 bits per heavy atom. The van der Waals surface area contributed by atoms with Crippen molar-refractivity contribution in [1.29, 1.82) is 0 Å². The van der Waals surface area contributed by atoms with Gasteiger partial charge in [-0.25, -0.2) is 0 Å².